The summed E-state index contributed by atoms with van der Waals surface area (Å²) in [5, 5.41) is 17.4. The number of hydrogen-bond acceptors (Lipinski definition) is 4. The van der Waals surface area contributed by atoms with Gasteiger partial charge in [-0.05, 0) is 0 Å². The van der Waals surface area contributed by atoms with Crippen molar-refractivity contribution in [3.05, 3.63) is 16.4 Å². The van der Waals surface area contributed by atoms with Crippen molar-refractivity contribution in [2.24, 2.45) is 0 Å². The van der Waals surface area contributed by atoms with Gasteiger partial charge in [0.2, 0.25) is 5.39 Å². The normalized spacial score (nSPS) is 11.7. The van der Waals surface area contributed by atoms with E-state index in [0.717, 1.165) is 0 Å². The van der Waals surface area contributed by atoms with Crippen LogP contribution < -0.4 is 0 Å². The van der Waals surface area contributed by atoms with E-state index >= 15 is 0 Å². The maximum absolute atomic E-state index is 11.2. The first-order valence-electron chi connectivity index (χ1n) is 4.70. The molecule has 0 atom stereocenters. The molecule has 6 heteroatoms. The van der Waals surface area contributed by atoms with Crippen molar-refractivity contribution in [2.75, 3.05) is 6.61 Å². The number of aliphatic hydroxyl groups is 1. The van der Waals surface area contributed by atoms with Gasteiger partial charge in [0.05, 0.1) is 0 Å². The summed E-state index contributed by atoms with van der Waals surface area (Å²) in [7, 11) is -1.47. The first-order valence-corrected chi connectivity index (χ1v) is 8.20. The Hall–Kier alpha value is -1.79. The standard InChI is InChI=1S/C10H14N2O3Si/c1-8(13)9(12-11)10(14)15-6-5-7-16(2,3)4/h6H2,1-4H3/p+1. The third-order valence-corrected chi connectivity index (χ3v) is 2.30. The van der Waals surface area contributed by atoms with Gasteiger partial charge in [-0.1, -0.05) is 25.6 Å². The molecule has 0 aliphatic heterocycles. The third-order valence-electron chi connectivity index (χ3n) is 1.37. The number of aliphatic hydroxyl groups excluding tert-OH is 1. The molecule has 0 aromatic carbocycles. The lowest BCUT2D eigenvalue weighted by Crippen LogP contribution is -2.17. The molecule has 0 aromatic rings. The van der Waals surface area contributed by atoms with Crippen LogP contribution >= 0.6 is 0 Å². The molecule has 0 aliphatic rings. The summed E-state index contributed by atoms with van der Waals surface area (Å²) in [6.07, 6.45) is 0. The summed E-state index contributed by atoms with van der Waals surface area (Å²) in [6.45, 7) is 7.34. The van der Waals surface area contributed by atoms with Gasteiger partial charge in [-0.2, -0.15) is 0 Å². The fourth-order valence-electron chi connectivity index (χ4n) is 0.732. The van der Waals surface area contributed by atoms with Crippen molar-refractivity contribution in [3.8, 4) is 11.5 Å². The Morgan fingerprint density at radius 3 is 2.44 bits per heavy atom. The summed E-state index contributed by atoms with van der Waals surface area (Å²) in [5.41, 5.74) is 2.50. The molecule has 0 rings (SSSR count). The van der Waals surface area contributed by atoms with E-state index < -0.39 is 25.5 Å². The van der Waals surface area contributed by atoms with Gasteiger partial charge < -0.3 is 9.84 Å². The van der Waals surface area contributed by atoms with Crippen molar-refractivity contribution in [1.82, 2.24) is 0 Å². The highest BCUT2D eigenvalue weighted by atomic mass is 28.3. The minimum Gasteiger partial charge on any atom is -0.505 e. The maximum atomic E-state index is 11.2. The largest absolute Gasteiger partial charge is 0.505 e. The lowest BCUT2D eigenvalue weighted by Gasteiger charge is -2.03. The highest BCUT2D eigenvalue weighted by molar-refractivity contribution is 6.83. The molecule has 86 valence electrons. The number of esters is 1. The van der Waals surface area contributed by atoms with Gasteiger partial charge in [-0.3, -0.25) is 0 Å². The molecule has 0 aromatic heterocycles. The number of allylic oxidation sites excluding steroid dienone is 1. The quantitative estimate of drug-likeness (QED) is 0.200. The zero-order valence-electron chi connectivity index (χ0n) is 9.87. The third kappa shape index (κ3) is 5.84. The Kier molecular flexibility index (Phi) is 5.27. The number of nitrogens with zero attached hydrogens (tertiary/aromatic N) is 2. The van der Waals surface area contributed by atoms with E-state index in [-0.39, 0.29) is 6.61 Å². The first kappa shape index (κ1) is 14.2. The zero-order valence-corrected chi connectivity index (χ0v) is 10.9. The second kappa shape index (κ2) is 5.94. The molecule has 0 saturated heterocycles. The predicted molar refractivity (Wildman–Crippen MR) is 62.5 cm³/mol. The monoisotopic (exact) mass is 239 g/mol. The smallest absolute Gasteiger partial charge is 0.504 e. The molecular weight excluding hydrogens is 224 g/mol. The molecule has 0 heterocycles. The molecule has 0 saturated carbocycles. The summed E-state index contributed by atoms with van der Waals surface area (Å²) in [4.78, 5) is 13.8. The topological polar surface area (TPSA) is 74.7 Å². The number of ether oxygens (including phenoxy) is 1. The highest BCUT2D eigenvalue weighted by Crippen LogP contribution is 2.04. The number of diazo groups is 1. The van der Waals surface area contributed by atoms with Gasteiger partial charge in [-0.15, -0.1) is 5.54 Å². The Labute approximate surface area is 95.7 Å². The number of carbonyl (C=O) groups excluding carboxylic acids is 1. The number of rotatable bonds is 2. The Morgan fingerprint density at radius 1 is 1.50 bits per heavy atom. The van der Waals surface area contributed by atoms with Crippen molar-refractivity contribution in [2.45, 2.75) is 26.6 Å². The van der Waals surface area contributed by atoms with Crippen LogP contribution in [0.2, 0.25) is 19.6 Å². The fourth-order valence-corrected chi connectivity index (χ4v) is 1.33. The molecule has 0 amide bonds. The van der Waals surface area contributed by atoms with E-state index in [1.54, 1.807) is 0 Å². The van der Waals surface area contributed by atoms with Crippen LogP contribution in [-0.4, -0.2) is 25.8 Å². The second-order valence-electron chi connectivity index (χ2n) is 4.16. The molecule has 5 nitrogen and oxygen atoms in total. The highest BCUT2D eigenvalue weighted by Gasteiger charge is 2.28. The fraction of sp³-hybridized carbons (Fsp3) is 0.500. The number of carbonyl (C=O) groups is 1. The van der Waals surface area contributed by atoms with E-state index in [9.17, 15) is 4.79 Å². The second-order valence-corrected chi connectivity index (χ2v) is 8.91. The summed E-state index contributed by atoms with van der Waals surface area (Å²) in [6, 6.07) is 0. The zero-order chi connectivity index (χ0) is 12.8. The van der Waals surface area contributed by atoms with E-state index in [0.29, 0.717) is 0 Å². The molecule has 16 heavy (non-hydrogen) atoms. The van der Waals surface area contributed by atoms with Crippen LogP contribution in [0.5, 0.6) is 0 Å². The first-order chi connectivity index (χ1) is 7.28. The van der Waals surface area contributed by atoms with Crippen LogP contribution in [0.1, 0.15) is 6.92 Å². The van der Waals surface area contributed by atoms with Crippen LogP contribution in [-0.2, 0) is 9.53 Å². The molecule has 0 fully saturated rings. The summed E-state index contributed by atoms with van der Waals surface area (Å²) in [5.74, 6) is 1.42. The Morgan fingerprint density at radius 2 is 2.06 bits per heavy atom. The van der Waals surface area contributed by atoms with Crippen molar-refractivity contribution >= 4 is 14.0 Å². The lowest BCUT2D eigenvalue weighted by molar-refractivity contribution is -0.137. The molecule has 0 bridgehead atoms. The minimum absolute atomic E-state index is 0.0740. The maximum Gasteiger partial charge on any atom is 0.504 e. The lowest BCUT2D eigenvalue weighted by atomic mass is 10.4. The van der Waals surface area contributed by atoms with Gasteiger partial charge in [0, 0.05) is 6.92 Å². The van der Waals surface area contributed by atoms with Crippen LogP contribution in [0.4, 0.5) is 0 Å². The summed E-state index contributed by atoms with van der Waals surface area (Å²) < 4.78 is 4.69. The van der Waals surface area contributed by atoms with E-state index in [2.05, 4.69) is 40.8 Å². The molecule has 0 radical (unpaired) electrons. The molecule has 0 spiro atoms. The van der Waals surface area contributed by atoms with E-state index in [4.69, 9.17) is 10.5 Å². The number of hydrogen-bond donors (Lipinski definition) is 1. The van der Waals surface area contributed by atoms with Gasteiger partial charge in [0.1, 0.15) is 8.07 Å². The van der Waals surface area contributed by atoms with E-state index in [1.165, 1.54) is 6.92 Å². The summed E-state index contributed by atoms with van der Waals surface area (Å²) >= 11 is 0. The van der Waals surface area contributed by atoms with E-state index in [1.807, 2.05) is 0 Å². The SMILES string of the molecule is C/C(O)=C(\[N+]#N)C(=O)OCC#C[Si](C)(C)C. The molecule has 0 unspecified atom stereocenters. The van der Waals surface area contributed by atoms with Crippen LogP contribution in [0, 0.1) is 16.9 Å². The molecular formula is C10H15N2O3Si+. The van der Waals surface area contributed by atoms with Gasteiger partial charge >= 0.3 is 11.7 Å². The van der Waals surface area contributed by atoms with Crippen molar-refractivity contribution in [3.63, 3.8) is 0 Å². The van der Waals surface area contributed by atoms with Gasteiger partial charge in [0.25, 0.3) is 0 Å². The van der Waals surface area contributed by atoms with Crippen LogP contribution in [0.25, 0.3) is 4.98 Å². The van der Waals surface area contributed by atoms with Gasteiger partial charge in [-0.25, -0.2) is 4.79 Å². The van der Waals surface area contributed by atoms with Crippen LogP contribution in [0.15, 0.2) is 11.5 Å². The average molecular weight is 239 g/mol. The van der Waals surface area contributed by atoms with Crippen LogP contribution in [0.3, 0.4) is 0 Å². The average Bonchev–Trinajstić information content (AvgIpc) is 2.11. The Bertz CT molecular complexity index is 400. The molecule has 0 aliphatic carbocycles. The minimum atomic E-state index is -1.47. The van der Waals surface area contributed by atoms with Crippen molar-refractivity contribution < 1.29 is 14.6 Å². The van der Waals surface area contributed by atoms with Gasteiger partial charge in [0.15, 0.2) is 17.3 Å². The Balaban J connectivity index is 4.36. The van der Waals surface area contributed by atoms with Crippen molar-refractivity contribution in [1.29, 1.82) is 5.39 Å². The molecule has 1 N–H and O–H groups in total. The predicted octanol–water partition coefficient (Wildman–Crippen LogP) is 2.05.